The molecule has 0 N–H and O–H groups in total. The first-order valence-corrected chi connectivity index (χ1v) is 7.09. The lowest BCUT2D eigenvalue weighted by Crippen LogP contribution is -1.99. The Morgan fingerprint density at radius 1 is 1.11 bits per heavy atom. The van der Waals surface area contributed by atoms with E-state index >= 15 is 0 Å². The van der Waals surface area contributed by atoms with E-state index in [9.17, 15) is 4.39 Å². The van der Waals surface area contributed by atoms with Crippen LogP contribution < -0.4 is 9.47 Å². The molecular weight excluding hydrogens is 379 g/mol. The Hall–Kier alpha value is -1.07. The predicted octanol–water partition coefficient (Wildman–Crippen LogP) is 4.94. The van der Waals surface area contributed by atoms with Gasteiger partial charge in [0.1, 0.15) is 23.9 Å². The molecule has 0 aliphatic carbocycles. The summed E-state index contributed by atoms with van der Waals surface area (Å²) in [5.74, 6) is 1.08. The topological polar surface area (TPSA) is 18.5 Å². The molecule has 0 saturated heterocycles. The van der Waals surface area contributed by atoms with E-state index in [0.717, 1.165) is 10.2 Å². The molecule has 0 fully saturated rings. The minimum absolute atomic E-state index is 0.171. The molecule has 0 aliphatic rings. The average molecular weight is 390 g/mol. The van der Waals surface area contributed by atoms with Crippen molar-refractivity contribution in [2.45, 2.75) is 6.61 Å². The fourth-order valence-corrected chi connectivity index (χ4v) is 2.33. The van der Waals surface area contributed by atoms with Crippen LogP contribution in [0.25, 0.3) is 0 Å². The van der Waals surface area contributed by atoms with E-state index in [1.165, 1.54) is 6.07 Å². The molecule has 0 unspecified atom stereocenters. The second-order valence-corrected chi connectivity index (χ2v) is 5.59. The number of halogens is 3. The predicted molar refractivity (Wildman–Crippen MR) is 79.1 cm³/mol. The molecule has 19 heavy (non-hydrogen) atoms. The van der Waals surface area contributed by atoms with E-state index in [-0.39, 0.29) is 12.4 Å². The average Bonchev–Trinajstić information content (AvgIpc) is 2.39. The highest BCUT2D eigenvalue weighted by Gasteiger charge is 2.06. The Bertz CT molecular complexity index is 588. The standard InChI is InChI=1S/C14H11Br2FO2/c1-18-11-4-5-14(12(16)7-11)19-8-9-2-3-10(15)6-13(9)17/h2-7H,8H2,1H3. The molecule has 2 rings (SSSR count). The molecule has 2 aromatic carbocycles. The fraction of sp³-hybridized carbons (Fsp3) is 0.143. The molecule has 0 bridgehead atoms. The van der Waals surface area contributed by atoms with Crippen LogP contribution in [0.1, 0.15) is 5.56 Å². The van der Waals surface area contributed by atoms with Gasteiger partial charge in [0.15, 0.2) is 0 Å². The van der Waals surface area contributed by atoms with Crippen LogP contribution in [0.15, 0.2) is 45.3 Å². The Morgan fingerprint density at radius 2 is 1.89 bits per heavy atom. The van der Waals surface area contributed by atoms with Crippen molar-refractivity contribution in [1.29, 1.82) is 0 Å². The lowest BCUT2D eigenvalue weighted by atomic mass is 10.2. The fourth-order valence-electron chi connectivity index (χ4n) is 1.52. The smallest absolute Gasteiger partial charge is 0.134 e. The molecule has 100 valence electrons. The van der Waals surface area contributed by atoms with Crippen molar-refractivity contribution in [3.05, 3.63) is 56.7 Å². The highest BCUT2D eigenvalue weighted by atomic mass is 79.9. The maximum atomic E-state index is 13.6. The Morgan fingerprint density at radius 3 is 2.53 bits per heavy atom. The number of rotatable bonds is 4. The van der Waals surface area contributed by atoms with Gasteiger partial charge in [-0.25, -0.2) is 4.39 Å². The zero-order valence-corrected chi connectivity index (χ0v) is 13.3. The molecule has 0 amide bonds. The van der Waals surface area contributed by atoms with Gasteiger partial charge in [0.25, 0.3) is 0 Å². The molecule has 0 atom stereocenters. The van der Waals surface area contributed by atoms with Gasteiger partial charge in [-0.3, -0.25) is 0 Å². The Kier molecular flexibility index (Phi) is 4.82. The molecule has 0 spiro atoms. The van der Waals surface area contributed by atoms with E-state index in [2.05, 4.69) is 31.9 Å². The molecule has 2 aromatic rings. The SMILES string of the molecule is COc1ccc(OCc2ccc(Br)cc2F)c(Br)c1. The van der Waals surface area contributed by atoms with Gasteiger partial charge < -0.3 is 9.47 Å². The van der Waals surface area contributed by atoms with Gasteiger partial charge in [-0.15, -0.1) is 0 Å². The maximum Gasteiger partial charge on any atom is 0.134 e. The Balaban J connectivity index is 2.10. The first-order chi connectivity index (χ1) is 9.10. The largest absolute Gasteiger partial charge is 0.497 e. The normalized spacial score (nSPS) is 10.3. The van der Waals surface area contributed by atoms with Gasteiger partial charge in [0.05, 0.1) is 11.6 Å². The monoisotopic (exact) mass is 388 g/mol. The van der Waals surface area contributed by atoms with Gasteiger partial charge in [-0.2, -0.15) is 0 Å². The maximum absolute atomic E-state index is 13.6. The third-order valence-corrected chi connectivity index (χ3v) is 3.65. The first kappa shape index (κ1) is 14.3. The van der Waals surface area contributed by atoms with Gasteiger partial charge in [-0.1, -0.05) is 22.0 Å². The highest BCUT2D eigenvalue weighted by molar-refractivity contribution is 9.10. The zero-order valence-electron chi connectivity index (χ0n) is 10.1. The minimum Gasteiger partial charge on any atom is -0.497 e. The molecule has 5 heteroatoms. The highest BCUT2D eigenvalue weighted by Crippen LogP contribution is 2.30. The number of hydrogen-bond donors (Lipinski definition) is 0. The van der Waals surface area contributed by atoms with Crippen molar-refractivity contribution >= 4 is 31.9 Å². The van der Waals surface area contributed by atoms with E-state index in [1.54, 1.807) is 37.4 Å². The minimum atomic E-state index is -0.293. The van der Waals surface area contributed by atoms with Crippen molar-refractivity contribution in [1.82, 2.24) is 0 Å². The van der Waals surface area contributed by atoms with Gasteiger partial charge in [-0.05, 0) is 46.3 Å². The van der Waals surface area contributed by atoms with Crippen LogP contribution in [0.3, 0.4) is 0 Å². The van der Waals surface area contributed by atoms with Crippen molar-refractivity contribution in [3.63, 3.8) is 0 Å². The second kappa shape index (κ2) is 6.39. The van der Waals surface area contributed by atoms with E-state index in [1.807, 2.05) is 0 Å². The summed E-state index contributed by atoms with van der Waals surface area (Å²) >= 11 is 6.60. The van der Waals surface area contributed by atoms with Crippen LogP contribution in [0.4, 0.5) is 4.39 Å². The summed E-state index contributed by atoms with van der Waals surface area (Å²) < 4.78 is 25.8. The van der Waals surface area contributed by atoms with Gasteiger partial charge >= 0.3 is 0 Å². The van der Waals surface area contributed by atoms with Gasteiger partial charge in [0.2, 0.25) is 0 Å². The van der Waals surface area contributed by atoms with Crippen LogP contribution in [0, 0.1) is 5.82 Å². The molecule has 0 saturated carbocycles. The van der Waals surface area contributed by atoms with Crippen molar-refractivity contribution in [2.24, 2.45) is 0 Å². The van der Waals surface area contributed by atoms with Crippen molar-refractivity contribution < 1.29 is 13.9 Å². The van der Waals surface area contributed by atoms with Gasteiger partial charge in [0, 0.05) is 10.0 Å². The summed E-state index contributed by atoms with van der Waals surface area (Å²) in [6.45, 7) is 0.171. The van der Waals surface area contributed by atoms with E-state index in [0.29, 0.717) is 15.8 Å². The summed E-state index contributed by atoms with van der Waals surface area (Å²) in [5, 5.41) is 0. The van der Waals surface area contributed by atoms with Crippen molar-refractivity contribution in [2.75, 3.05) is 7.11 Å². The summed E-state index contributed by atoms with van der Waals surface area (Å²) in [6.07, 6.45) is 0. The van der Waals surface area contributed by atoms with Crippen LogP contribution >= 0.6 is 31.9 Å². The first-order valence-electron chi connectivity index (χ1n) is 5.50. The third kappa shape index (κ3) is 3.70. The van der Waals surface area contributed by atoms with E-state index in [4.69, 9.17) is 9.47 Å². The van der Waals surface area contributed by atoms with Crippen LogP contribution in [-0.4, -0.2) is 7.11 Å². The lowest BCUT2D eigenvalue weighted by molar-refractivity contribution is 0.297. The summed E-state index contributed by atoms with van der Waals surface area (Å²) in [7, 11) is 1.60. The molecule has 0 heterocycles. The number of hydrogen-bond acceptors (Lipinski definition) is 2. The summed E-state index contributed by atoms with van der Waals surface area (Å²) in [4.78, 5) is 0. The van der Waals surface area contributed by atoms with Crippen LogP contribution in [0.2, 0.25) is 0 Å². The second-order valence-electron chi connectivity index (χ2n) is 3.82. The molecule has 0 radical (unpaired) electrons. The third-order valence-electron chi connectivity index (χ3n) is 2.54. The van der Waals surface area contributed by atoms with Crippen LogP contribution in [-0.2, 0) is 6.61 Å². The quantitative estimate of drug-likeness (QED) is 0.737. The summed E-state index contributed by atoms with van der Waals surface area (Å²) in [6, 6.07) is 10.3. The zero-order chi connectivity index (χ0) is 13.8. The molecular formula is C14H11Br2FO2. The van der Waals surface area contributed by atoms with Crippen molar-refractivity contribution in [3.8, 4) is 11.5 Å². The number of benzene rings is 2. The van der Waals surface area contributed by atoms with Crippen LogP contribution in [0.5, 0.6) is 11.5 Å². The number of ether oxygens (including phenoxy) is 2. The summed E-state index contributed by atoms with van der Waals surface area (Å²) in [5.41, 5.74) is 0.505. The molecule has 0 aromatic heterocycles. The molecule has 0 aliphatic heterocycles. The number of methoxy groups -OCH3 is 1. The molecule has 2 nitrogen and oxygen atoms in total. The Labute approximate surface area is 127 Å². The lowest BCUT2D eigenvalue weighted by Gasteiger charge is -2.10. The van der Waals surface area contributed by atoms with E-state index < -0.39 is 0 Å².